The second-order valence-corrected chi connectivity index (χ2v) is 5.18. The number of hydrogen-bond donors (Lipinski definition) is 0. The molecule has 0 fully saturated rings. The molecule has 0 unspecified atom stereocenters. The Bertz CT molecular complexity index is 628. The van der Waals surface area contributed by atoms with E-state index in [9.17, 15) is 4.79 Å². The number of fused-ring (bicyclic) bond motifs is 1. The topological polar surface area (TPSA) is 31.2 Å². The highest BCUT2D eigenvalue weighted by Crippen LogP contribution is 2.34. The van der Waals surface area contributed by atoms with Gasteiger partial charge in [0.15, 0.2) is 0 Å². The Kier molecular flexibility index (Phi) is 2.86. The van der Waals surface area contributed by atoms with E-state index >= 15 is 0 Å². The summed E-state index contributed by atoms with van der Waals surface area (Å²) in [7, 11) is 1.92. The third-order valence-corrected chi connectivity index (χ3v) is 3.86. The zero-order valence-electron chi connectivity index (χ0n) is 10.9. The first-order chi connectivity index (χ1) is 9.09. The second-order valence-electron chi connectivity index (χ2n) is 4.74. The number of ketones is 1. The van der Waals surface area contributed by atoms with Crippen LogP contribution in [0, 0.1) is 6.92 Å². The molecular weight excluding hydrogens is 262 g/mol. The van der Waals surface area contributed by atoms with Gasteiger partial charge in [0.1, 0.15) is 5.75 Å². The molecule has 1 aliphatic heterocycles. The lowest BCUT2D eigenvalue weighted by molar-refractivity contribution is 0.103. The second kappa shape index (κ2) is 4.42. The molecule has 0 saturated heterocycles. The van der Waals surface area contributed by atoms with Crippen molar-refractivity contribution in [1.82, 2.24) is 4.57 Å². The summed E-state index contributed by atoms with van der Waals surface area (Å²) in [4.78, 5) is 12.6. The number of rotatable bonds is 2. The summed E-state index contributed by atoms with van der Waals surface area (Å²) in [5, 5.41) is 0.631. The van der Waals surface area contributed by atoms with Crippen LogP contribution in [0.1, 0.15) is 27.3 Å². The van der Waals surface area contributed by atoms with Crippen molar-refractivity contribution in [3.63, 3.8) is 0 Å². The third kappa shape index (κ3) is 1.85. The van der Waals surface area contributed by atoms with Crippen molar-refractivity contribution in [1.29, 1.82) is 0 Å². The summed E-state index contributed by atoms with van der Waals surface area (Å²) in [6.45, 7) is 2.64. The molecule has 4 heteroatoms. The summed E-state index contributed by atoms with van der Waals surface area (Å²) >= 11 is 5.85. The Morgan fingerprint density at radius 3 is 2.63 bits per heavy atom. The van der Waals surface area contributed by atoms with E-state index in [2.05, 4.69) is 0 Å². The quantitative estimate of drug-likeness (QED) is 0.789. The van der Waals surface area contributed by atoms with E-state index in [1.54, 1.807) is 24.3 Å². The fraction of sp³-hybridized carbons (Fsp3) is 0.267. The minimum atomic E-state index is 0.00895. The van der Waals surface area contributed by atoms with Crippen LogP contribution in [0.15, 0.2) is 24.3 Å². The van der Waals surface area contributed by atoms with Gasteiger partial charge in [-0.05, 0) is 31.2 Å². The van der Waals surface area contributed by atoms with Crippen LogP contribution >= 0.6 is 11.6 Å². The summed E-state index contributed by atoms with van der Waals surface area (Å²) in [6.07, 6.45) is 0.862. The molecule has 2 aromatic rings. The van der Waals surface area contributed by atoms with Crippen LogP contribution in [-0.2, 0) is 13.5 Å². The first-order valence-electron chi connectivity index (χ1n) is 6.21. The largest absolute Gasteiger partial charge is 0.491 e. The van der Waals surface area contributed by atoms with Crippen LogP contribution in [0.4, 0.5) is 0 Å². The Hall–Kier alpha value is -1.74. The highest BCUT2D eigenvalue weighted by atomic mass is 35.5. The van der Waals surface area contributed by atoms with Crippen molar-refractivity contribution in [2.24, 2.45) is 7.05 Å². The van der Waals surface area contributed by atoms with Gasteiger partial charge in [-0.2, -0.15) is 0 Å². The van der Waals surface area contributed by atoms with Crippen molar-refractivity contribution in [3.05, 3.63) is 51.8 Å². The van der Waals surface area contributed by atoms with Crippen molar-refractivity contribution in [2.75, 3.05) is 6.61 Å². The summed E-state index contributed by atoms with van der Waals surface area (Å²) < 4.78 is 7.55. The maximum atomic E-state index is 12.6. The number of aromatic nitrogens is 1. The van der Waals surface area contributed by atoms with Crippen molar-refractivity contribution in [3.8, 4) is 5.75 Å². The van der Waals surface area contributed by atoms with Gasteiger partial charge in [0.05, 0.1) is 18.0 Å². The smallest absolute Gasteiger partial charge is 0.209 e. The number of ether oxygens (including phenoxy) is 1. The van der Waals surface area contributed by atoms with Crippen molar-refractivity contribution < 1.29 is 9.53 Å². The summed E-state index contributed by atoms with van der Waals surface area (Å²) in [5.41, 5.74) is 3.38. The highest BCUT2D eigenvalue weighted by Gasteiger charge is 2.27. The Balaban J connectivity index is 2.08. The lowest BCUT2D eigenvalue weighted by Crippen LogP contribution is -2.11. The van der Waals surface area contributed by atoms with Crippen LogP contribution in [-0.4, -0.2) is 17.0 Å². The summed E-state index contributed by atoms with van der Waals surface area (Å²) in [5.74, 6) is 0.884. The molecule has 19 heavy (non-hydrogen) atoms. The number of carbonyl (C=O) groups is 1. The van der Waals surface area contributed by atoms with Gasteiger partial charge in [0, 0.05) is 29.6 Å². The van der Waals surface area contributed by atoms with Gasteiger partial charge in [-0.3, -0.25) is 4.79 Å². The van der Waals surface area contributed by atoms with E-state index in [1.807, 2.05) is 18.5 Å². The standard InChI is InChI=1S/C15H14ClNO2/c1-9-13(17(2)12-7-8-19-15(9)12)14(18)10-3-5-11(16)6-4-10/h3-6H,7-8H2,1-2H3. The number of nitrogens with zero attached hydrogens (tertiary/aromatic N) is 1. The molecule has 1 aromatic carbocycles. The van der Waals surface area contributed by atoms with E-state index in [0.29, 0.717) is 22.9 Å². The molecule has 1 aliphatic rings. The molecule has 0 aliphatic carbocycles. The molecule has 0 atom stereocenters. The molecule has 2 heterocycles. The molecule has 3 rings (SSSR count). The fourth-order valence-electron chi connectivity index (χ4n) is 2.65. The predicted octanol–water partition coefficient (Wildman–Crippen LogP) is 3.15. The maximum absolute atomic E-state index is 12.6. The molecule has 0 radical (unpaired) electrons. The number of hydrogen-bond acceptors (Lipinski definition) is 2. The van der Waals surface area contributed by atoms with Crippen molar-refractivity contribution >= 4 is 17.4 Å². The number of benzene rings is 1. The van der Waals surface area contributed by atoms with E-state index in [0.717, 1.165) is 23.4 Å². The van der Waals surface area contributed by atoms with Crippen molar-refractivity contribution in [2.45, 2.75) is 13.3 Å². The summed E-state index contributed by atoms with van der Waals surface area (Å²) in [6, 6.07) is 6.97. The van der Waals surface area contributed by atoms with Gasteiger partial charge in [-0.25, -0.2) is 0 Å². The average Bonchev–Trinajstić information content (AvgIpc) is 2.95. The minimum Gasteiger partial charge on any atom is -0.491 e. The molecular formula is C15H14ClNO2. The van der Waals surface area contributed by atoms with Gasteiger partial charge in [-0.15, -0.1) is 0 Å². The van der Waals surface area contributed by atoms with Gasteiger partial charge < -0.3 is 9.30 Å². The van der Waals surface area contributed by atoms with Crippen LogP contribution in [0.25, 0.3) is 0 Å². The lowest BCUT2D eigenvalue weighted by Gasteiger charge is -2.07. The minimum absolute atomic E-state index is 0.00895. The predicted molar refractivity (Wildman–Crippen MR) is 74.2 cm³/mol. The lowest BCUT2D eigenvalue weighted by atomic mass is 10.1. The first kappa shape index (κ1) is 12.3. The van der Waals surface area contributed by atoms with E-state index < -0.39 is 0 Å². The molecule has 1 aromatic heterocycles. The van der Waals surface area contributed by atoms with Crippen LogP contribution in [0.2, 0.25) is 5.02 Å². The third-order valence-electron chi connectivity index (χ3n) is 3.60. The van der Waals surface area contributed by atoms with Crippen LogP contribution in [0.5, 0.6) is 5.75 Å². The monoisotopic (exact) mass is 275 g/mol. The number of halogens is 1. The fourth-order valence-corrected chi connectivity index (χ4v) is 2.77. The van der Waals surface area contributed by atoms with Crippen LogP contribution < -0.4 is 4.74 Å². The van der Waals surface area contributed by atoms with E-state index in [1.165, 1.54) is 0 Å². The first-order valence-corrected chi connectivity index (χ1v) is 6.58. The Morgan fingerprint density at radius 2 is 2.00 bits per heavy atom. The molecule has 0 N–H and O–H groups in total. The normalized spacial score (nSPS) is 13.2. The van der Waals surface area contributed by atoms with Gasteiger partial charge in [0.25, 0.3) is 0 Å². The molecule has 0 amide bonds. The van der Waals surface area contributed by atoms with Gasteiger partial charge in [-0.1, -0.05) is 11.6 Å². The SMILES string of the molecule is Cc1c2c(n(C)c1C(=O)c1ccc(Cl)cc1)CCO2. The molecule has 0 bridgehead atoms. The molecule has 3 nitrogen and oxygen atoms in total. The highest BCUT2D eigenvalue weighted by molar-refractivity contribution is 6.30. The number of carbonyl (C=O) groups excluding carboxylic acids is 1. The molecule has 98 valence electrons. The average molecular weight is 276 g/mol. The zero-order chi connectivity index (χ0) is 13.6. The van der Waals surface area contributed by atoms with Gasteiger partial charge in [0.2, 0.25) is 5.78 Å². The van der Waals surface area contributed by atoms with Crippen LogP contribution in [0.3, 0.4) is 0 Å². The maximum Gasteiger partial charge on any atom is 0.209 e. The van der Waals surface area contributed by atoms with Gasteiger partial charge >= 0.3 is 0 Å². The molecule has 0 saturated carbocycles. The Morgan fingerprint density at radius 1 is 1.32 bits per heavy atom. The zero-order valence-corrected chi connectivity index (χ0v) is 11.6. The van der Waals surface area contributed by atoms with E-state index in [4.69, 9.17) is 16.3 Å². The molecule has 0 spiro atoms. The van der Waals surface area contributed by atoms with E-state index in [-0.39, 0.29) is 5.78 Å². The Labute approximate surface area is 116 Å².